The van der Waals surface area contributed by atoms with Crippen molar-refractivity contribution >= 4 is 47.0 Å². The molecular weight excluding hydrogens is 672 g/mol. The molecule has 0 spiro atoms. The fourth-order valence-electron chi connectivity index (χ4n) is 8.33. The van der Waals surface area contributed by atoms with Crippen LogP contribution in [-0.4, -0.2) is 113 Å². The van der Waals surface area contributed by atoms with E-state index in [9.17, 15) is 19.2 Å². The number of rotatable bonds is 9. The number of amides is 4. The summed E-state index contributed by atoms with van der Waals surface area (Å²) in [7, 11) is 0. The Morgan fingerprint density at radius 3 is 2.25 bits per heavy atom. The highest BCUT2D eigenvalue weighted by Crippen LogP contribution is 2.33. The molecule has 4 amide bonds. The van der Waals surface area contributed by atoms with Crippen LogP contribution in [0.25, 0.3) is 0 Å². The van der Waals surface area contributed by atoms with Crippen molar-refractivity contribution in [2.75, 3.05) is 63.4 Å². The largest absolute Gasteiger partial charge is 0.481 e. The van der Waals surface area contributed by atoms with Crippen LogP contribution in [-0.2, 0) is 27.2 Å². The van der Waals surface area contributed by atoms with Gasteiger partial charge < -0.3 is 40.5 Å². The lowest BCUT2D eigenvalue weighted by Crippen LogP contribution is -2.52. The summed E-state index contributed by atoms with van der Waals surface area (Å²) in [4.78, 5) is 59.4. The van der Waals surface area contributed by atoms with Crippen molar-refractivity contribution in [3.8, 4) is 0 Å². The third-order valence-electron chi connectivity index (χ3n) is 11.4. The summed E-state index contributed by atoms with van der Waals surface area (Å²) in [6.07, 6.45) is 4.69. The standard InChI is InChI=1S/C38H51ClN6O6/c1-25-22-26(23-31(39)35(25)40)24-33(36(48)43-17-8-28(9-18-43)27-6-14-42(15-7-27)16-13-34(46)47)51-38(50)44-19-11-30(12-20-44)45-21-10-29-4-2-3-5-32(29)41-37(45)49/h2-5,22-23,27-28,30,33H,6-21,24,40H2,1H3,(H,41,49)(H,46,47)/t33-/m1/s1. The molecule has 13 heteroatoms. The molecule has 0 bridgehead atoms. The zero-order valence-electron chi connectivity index (χ0n) is 29.5. The molecule has 2 aromatic carbocycles. The molecule has 4 aliphatic heterocycles. The normalized spacial score (nSPS) is 20.4. The molecular formula is C38H51ClN6O6. The number of nitrogens with two attached hydrogens (primary N) is 1. The molecule has 4 N–H and O–H groups in total. The van der Waals surface area contributed by atoms with Crippen molar-refractivity contribution in [3.63, 3.8) is 0 Å². The van der Waals surface area contributed by atoms with Gasteiger partial charge in [0.1, 0.15) is 0 Å². The van der Waals surface area contributed by atoms with E-state index in [4.69, 9.17) is 27.2 Å². The van der Waals surface area contributed by atoms with Crippen LogP contribution >= 0.6 is 11.6 Å². The van der Waals surface area contributed by atoms with Crippen LogP contribution in [0.1, 0.15) is 61.6 Å². The number of para-hydroxylation sites is 1. The first kappa shape index (κ1) is 36.8. The van der Waals surface area contributed by atoms with Crippen molar-refractivity contribution < 1.29 is 29.0 Å². The van der Waals surface area contributed by atoms with Crippen LogP contribution in [0.2, 0.25) is 5.02 Å². The molecule has 12 nitrogen and oxygen atoms in total. The molecule has 1 atom stereocenters. The quantitative estimate of drug-likeness (QED) is 0.297. The Labute approximate surface area is 305 Å². The second kappa shape index (κ2) is 16.5. The van der Waals surface area contributed by atoms with Crippen molar-refractivity contribution in [1.82, 2.24) is 19.6 Å². The number of urea groups is 1. The molecule has 51 heavy (non-hydrogen) atoms. The van der Waals surface area contributed by atoms with Gasteiger partial charge >= 0.3 is 18.1 Å². The summed E-state index contributed by atoms with van der Waals surface area (Å²) in [5, 5.41) is 12.5. The van der Waals surface area contributed by atoms with Crippen LogP contribution in [0.5, 0.6) is 0 Å². The van der Waals surface area contributed by atoms with Gasteiger partial charge in [-0.25, -0.2) is 9.59 Å². The van der Waals surface area contributed by atoms with Gasteiger partial charge in [-0.15, -0.1) is 0 Å². The zero-order valence-corrected chi connectivity index (χ0v) is 30.3. The Kier molecular flexibility index (Phi) is 11.9. The summed E-state index contributed by atoms with van der Waals surface area (Å²) in [6.45, 7) is 6.95. The first-order chi connectivity index (χ1) is 24.5. The molecule has 0 saturated carbocycles. The Morgan fingerprint density at radius 2 is 1.59 bits per heavy atom. The van der Waals surface area contributed by atoms with E-state index in [1.165, 1.54) is 0 Å². The van der Waals surface area contributed by atoms with Gasteiger partial charge in [0.05, 0.1) is 17.1 Å². The molecule has 6 rings (SSSR count). The number of nitrogens with zero attached hydrogens (tertiary/aromatic N) is 4. The minimum atomic E-state index is -1.02. The van der Waals surface area contributed by atoms with Crippen LogP contribution < -0.4 is 11.1 Å². The van der Waals surface area contributed by atoms with E-state index in [0.717, 1.165) is 67.6 Å². The topological polar surface area (TPSA) is 149 Å². The highest BCUT2D eigenvalue weighted by Gasteiger charge is 2.37. The number of carboxylic acids is 1. The fraction of sp³-hybridized carbons (Fsp3) is 0.579. The summed E-state index contributed by atoms with van der Waals surface area (Å²) in [6, 6.07) is 11.4. The van der Waals surface area contributed by atoms with E-state index in [-0.39, 0.29) is 30.8 Å². The van der Waals surface area contributed by atoms with E-state index < -0.39 is 18.2 Å². The lowest BCUT2D eigenvalue weighted by molar-refractivity contribution is -0.143. The van der Waals surface area contributed by atoms with E-state index >= 15 is 0 Å². The Bertz CT molecular complexity index is 1560. The number of carbonyl (C=O) groups excluding carboxylic acids is 3. The number of anilines is 2. The average Bonchev–Trinajstić information content (AvgIpc) is 3.30. The first-order valence-corrected chi connectivity index (χ1v) is 18.8. The summed E-state index contributed by atoms with van der Waals surface area (Å²) in [5.41, 5.74) is 10.1. The predicted molar refractivity (Wildman–Crippen MR) is 196 cm³/mol. The van der Waals surface area contributed by atoms with Gasteiger partial charge in [-0.2, -0.15) is 0 Å². The van der Waals surface area contributed by atoms with Gasteiger partial charge in [0.25, 0.3) is 5.91 Å². The number of nitrogen functional groups attached to an aromatic ring is 1. The fourth-order valence-corrected chi connectivity index (χ4v) is 8.62. The maximum Gasteiger partial charge on any atom is 0.410 e. The van der Waals surface area contributed by atoms with Crippen LogP contribution in [0, 0.1) is 18.8 Å². The van der Waals surface area contributed by atoms with Crippen LogP contribution in [0.4, 0.5) is 21.0 Å². The number of nitrogens with one attached hydrogen (secondary N) is 1. The first-order valence-electron chi connectivity index (χ1n) is 18.4. The average molecular weight is 723 g/mol. The molecule has 0 unspecified atom stereocenters. The molecule has 276 valence electrons. The van der Waals surface area contributed by atoms with Crippen molar-refractivity contribution in [2.45, 2.75) is 76.9 Å². The molecule has 0 aromatic heterocycles. The number of ether oxygens (including phenoxy) is 1. The highest BCUT2D eigenvalue weighted by molar-refractivity contribution is 6.33. The van der Waals surface area contributed by atoms with E-state index in [1.54, 1.807) is 11.0 Å². The van der Waals surface area contributed by atoms with Crippen LogP contribution in [0.3, 0.4) is 0 Å². The Balaban J connectivity index is 1.05. The molecule has 4 heterocycles. The van der Waals surface area contributed by atoms with Gasteiger partial charge in [0, 0.05) is 57.4 Å². The second-order valence-corrected chi connectivity index (χ2v) is 15.0. The lowest BCUT2D eigenvalue weighted by atomic mass is 9.78. The van der Waals surface area contributed by atoms with Gasteiger partial charge in [0.2, 0.25) is 0 Å². The summed E-state index contributed by atoms with van der Waals surface area (Å²) in [5.74, 6) is 0.113. The minimum absolute atomic E-state index is 0.000962. The number of hydrogen-bond acceptors (Lipinski definition) is 7. The molecule has 4 aliphatic rings. The number of hydrogen-bond donors (Lipinski definition) is 3. The minimum Gasteiger partial charge on any atom is -0.481 e. The number of piperidine rings is 3. The molecule has 2 aromatic rings. The molecule has 3 saturated heterocycles. The number of aliphatic carboxylic acids is 1. The molecule has 0 radical (unpaired) electrons. The number of fused-ring (bicyclic) bond motifs is 1. The van der Waals surface area contributed by atoms with Crippen LogP contribution in [0.15, 0.2) is 36.4 Å². The number of halogens is 1. The Hall–Kier alpha value is -4.03. The third-order valence-corrected chi connectivity index (χ3v) is 11.7. The zero-order chi connectivity index (χ0) is 36.1. The maximum atomic E-state index is 14.1. The van der Waals surface area contributed by atoms with Crippen molar-refractivity contribution in [2.24, 2.45) is 11.8 Å². The Morgan fingerprint density at radius 1 is 0.941 bits per heavy atom. The van der Waals surface area contributed by atoms with Crippen molar-refractivity contribution in [1.29, 1.82) is 0 Å². The lowest BCUT2D eigenvalue weighted by Gasteiger charge is -2.41. The monoisotopic (exact) mass is 722 g/mol. The highest BCUT2D eigenvalue weighted by atomic mass is 35.5. The van der Waals surface area contributed by atoms with E-state index in [1.807, 2.05) is 47.1 Å². The summed E-state index contributed by atoms with van der Waals surface area (Å²) >= 11 is 6.42. The number of likely N-dealkylation sites (tertiary alicyclic amines) is 3. The number of benzene rings is 2. The second-order valence-electron chi connectivity index (χ2n) is 14.6. The van der Waals surface area contributed by atoms with Gasteiger partial charge in [-0.1, -0.05) is 35.9 Å². The third kappa shape index (κ3) is 9.07. The van der Waals surface area contributed by atoms with Crippen molar-refractivity contribution in [3.05, 3.63) is 58.1 Å². The number of carbonyl (C=O) groups is 4. The van der Waals surface area contributed by atoms with Gasteiger partial charge in [0.15, 0.2) is 6.10 Å². The molecule has 0 aliphatic carbocycles. The predicted octanol–water partition coefficient (Wildman–Crippen LogP) is 5.26. The maximum absolute atomic E-state index is 14.1. The number of carboxylic acid groups (broad SMARTS) is 1. The van der Waals surface area contributed by atoms with E-state index in [0.29, 0.717) is 74.7 Å². The van der Waals surface area contributed by atoms with E-state index in [2.05, 4.69) is 10.2 Å². The van der Waals surface area contributed by atoms with Gasteiger partial charge in [-0.05, 0) is 106 Å². The number of aryl methyl sites for hydroxylation is 1. The molecule has 3 fully saturated rings. The smallest absolute Gasteiger partial charge is 0.410 e. The summed E-state index contributed by atoms with van der Waals surface area (Å²) < 4.78 is 6.06. The van der Waals surface area contributed by atoms with Gasteiger partial charge in [-0.3, -0.25) is 9.59 Å². The SMILES string of the molecule is Cc1cc(C[C@@H](OC(=O)N2CCC(N3CCc4ccccc4NC3=O)CC2)C(=O)N2CCC(C3CCN(CCC(=O)O)CC3)CC2)cc(Cl)c1N.